The first-order chi connectivity index (χ1) is 11.5. The van der Waals surface area contributed by atoms with Crippen LogP contribution in [-0.4, -0.2) is 50.4 Å². The number of carboxylic acid groups (broad SMARTS) is 1. The van der Waals surface area contributed by atoms with Gasteiger partial charge in [-0.2, -0.15) is 18.3 Å². The molecule has 0 aromatic carbocycles. The molecule has 2 unspecified atom stereocenters. The Labute approximate surface area is 143 Å². The second-order valence-electron chi connectivity index (χ2n) is 6.46. The molecule has 1 saturated heterocycles. The first-order valence-corrected chi connectivity index (χ1v) is 8.17. The van der Waals surface area contributed by atoms with Gasteiger partial charge >= 0.3 is 12.1 Å². The lowest BCUT2D eigenvalue weighted by Gasteiger charge is -2.34. The number of rotatable bonds is 4. The monoisotopic (exact) mass is 361 g/mol. The number of nitrogens with zero attached hydrogens (tertiary/aromatic N) is 3. The highest BCUT2D eigenvalue weighted by atomic mass is 19.4. The second-order valence-corrected chi connectivity index (χ2v) is 6.46. The summed E-state index contributed by atoms with van der Waals surface area (Å²) in [7, 11) is 0. The summed E-state index contributed by atoms with van der Waals surface area (Å²) in [5, 5.41) is 13.2. The van der Waals surface area contributed by atoms with Crippen LogP contribution in [0.15, 0.2) is 0 Å². The second kappa shape index (κ2) is 7.05. The molecule has 0 aliphatic carbocycles. The maximum absolute atomic E-state index is 12.8. The summed E-state index contributed by atoms with van der Waals surface area (Å²) < 4.78 is 38.8. The lowest BCUT2D eigenvalue weighted by molar-refractivity contribution is -0.152. The number of piperidine rings is 1. The van der Waals surface area contributed by atoms with Crippen LogP contribution < -0.4 is 0 Å². The highest BCUT2D eigenvalue weighted by Gasteiger charge is 2.37. The molecule has 9 heteroatoms. The number of aliphatic carboxylic acids is 1. The third kappa shape index (κ3) is 4.13. The molecule has 0 radical (unpaired) electrons. The fourth-order valence-corrected chi connectivity index (χ4v) is 3.49. The number of aryl methyl sites for hydroxylation is 1. The van der Waals surface area contributed by atoms with E-state index in [4.69, 9.17) is 0 Å². The molecule has 1 aromatic heterocycles. The van der Waals surface area contributed by atoms with Crippen LogP contribution in [0.1, 0.15) is 49.1 Å². The van der Waals surface area contributed by atoms with E-state index in [-0.39, 0.29) is 11.6 Å². The van der Waals surface area contributed by atoms with E-state index >= 15 is 0 Å². The Kier molecular flexibility index (Phi) is 5.43. The van der Waals surface area contributed by atoms with Crippen LogP contribution in [0.25, 0.3) is 0 Å². The van der Waals surface area contributed by atoms with Crippen molar-refractivity contribution in [1.82, 2.24) is 14.7 Å². The van der Waals surface area contributed by atoms with Crippen LogP contribution in [0.2, 0.25) is 0 Å². The van der Waals surface area contributed by atoms with E-state index in [0.717, 1.165) is 11.1 Å². The van der Waals surface area contributed by atoms with Gasteiger partial charge in [0.05, 0.1) is 11.6 Å². The third-order valence-corrected chi connectivity index (χ3v) is 4.64. The van der Waals surface area contributed by atoms with Crippen molar-refractivity contribution in [3.8, 4) is 0 Å². The lowest BCUT2D eigenvalue weighted by atomic mass is 9.94. The summed E-state index contributed by atoms with van der Waals surface area (Å²) in [6.07, 6.45) is -2.57. The zero-order valence-corrected chi connectivity index (χ0v) is 14.4. The smallest absolute Gasteiger partial charge is 0.408 e. The number of aromatic nitrogens is 2. The number of amides is 1. The zero-order chi connectivity index (χ0) is 18.9. The van der Waals surface area contributed by atoms with Gasteiger partial charge in [-0.05, 0) is 40.0 Å². The van der Waals surface area contributed by atoms with Gasteiger partial charge in [0.1, 0.15) is 12.6 Å². The van der Waals surface area contributed by atoms with Crippen LogP contribution in [0, 0.1) is 13.8 Å². The number of carboxylic acids is 1. The van der Waals surface area contributed by atoms with Crippen molar-refractivity contribution in [2.45, 2.75) is 64.7 Å². The average molecular weight is 361 g/mol. The SMILES string of the molecule is Cc1nn(CC(F)(F)F)c(C)c1C(C)C(=O)N1CCCCC1C(=O)O. The van der Waals surface area contributed by atoms with Gasteiger partial charge in [0.15, 0.2) is 0 Å². The predicted molar refractivity (Wildman–Crippen MR) is 83.2 cm³/mol. The van der Waals surface area contributed by atoms with Gasteiger partial charge in [-0.15, -0.1) is 0 Å². The molecule has 2 rings (SSSR count). The third-order valence-electron chi connectivity index (χ3n) is 4.64. The van der Waals surface area contributed by atoms with Gasteiger partial charge in [0.25, 0.3) is 0 Å². The number of carbonyl (C=O) groups excluding carboxylic acids is 1. The van der Waals surface area contributed by atoms with Crippen LogP contribution in [0.4, 0.5) is 13.2 Å². The minimum Gasteiger partial charge on any atom is -0.480 e. The van der Waals surface area contributed by atoms with Crippen molar-refractivity contribution >= 4 is 11.9 Å². The van der Waals surface area contributed by atoms with Gasteiger partial charge in [-0.25, -0.2) is 4.79 Å². The minimum atomic E-state index is -4.41. The number of hydrogen-bond donors (Lipinski definition) is 1. The summed E-state index contributed by atoms with van der Waals surface area (Å²) in [6, 6.07) is -0.880. The molecule has 1 aliphatic rings. The molecule has 140 valence electrons. The van der Waals surface area contributed by atoms with Gasteiger partial charge in [-0.1, -0.05) is 0 Å². The molecule has 25 heavy (non-hydrogen) atoms. The maximum atomic E-state index is 12.8. The van der Waals surface area contributed by atoms with E-state index in [1.54, 1.807) is 13.8 Å². The Morgan fingerprint density at radius 1 is 1.32 bits per heavy atom. The van der Waals surface area contributed by atoms with E-state index in [1.807, 2.05) is 0 Å². The topological polar surface area (TPSA) is 75.4 Å². The molecule has 1 N–H and O–H groups in total. The van der Waals surface area contributed by atoms with Crippen LogP contribution in [0.5, 0.6) is 0 Å². The molecule has 2 heterocycles. The van der Waals surface area contributed by atoms with Crippen LogP contribution in [0.3, 0.4) is 0 Å². The van der Waals surface area contributed by atoms with Gasteiger partial charge in [0, 0.05) is 17.8 Å². The minimum absolute atomic E-state index is 0.277. The van der Waals surface area contributed by atoms with Crippen molar-refractivity contribution in [1.29, 1.82) is 0 Å². The number of alkyl halides is 3. The highest BCUT2D eigenvalue weighted by molar-refractivity contribution is 5.88. The molecule has 0 saturated carbocycles. The van der Waals surface area contributed by atoms with Gasteiger partial charge < -0.3 is 10.0 Å². The largest absolute Gasteiger partial charge is 0.480 e. The van der Waals surface area contributed by atoms with Crippen molar-refractivity contribution in [3.05, 3.63) is 17.0 Å². The lowest BCUT2D eigenvalue weighted by Crippen LogP contribution is -2.49. The summed E-state index contributed by atoms with van der Waals surface area (Å²) >= 11 is 0. The van der Waals surface area contributed by atoms with E-state index in [0.29, 0.717) is 30.6 Å². The molecule has 1 aromatic rings. The summed E-state index contributed by atoms with van der Waals surface area (Å²) in [5.74, 6) is -2.19. The Balaban J connectivity index is 2.29. The first-order valence-electron chi connectivity index (χ1n) is 8.17. The summed E-state index contributed by atoms with van der Waals surface area (Å²) in [5.41, 5.74) is 1.06. The molecule has 0 bridgehead atoms. The van der Waals surface area contributed by atoms with Crippen LogP contribution >= 0.6 is 0 Å². The predicted octanol–water partition coefficient (Wildman–Crippen LogP) is 2.63. The molecule has 1 amide bonds. The Morgan fingerprint density at radius 3 is 2.52 bits per heavy atom. The molecule has 2 atom stereocenters. The number of carbonyl (C=O) groups is 2. The fraction of sp³-hybridized carbons (Fsp3) is 0.688. The summed E-state index contributed by atoms with van der Waals surface area (Å²) in [6.45, 7) is 3.77. The molecule has 6 nitrogen and oxygen atoms in total. The van der Waals surface area contributed by atoms with Gasteiger partial charge in [-0.3, -0.25) is 9.48 Å². The van der Waals surface area contributed by atoms with E-state index < -0.39 is 30.7 Å². The van der Waals surface area contributed by atoms with E-state index in [9.17, 15) is 27.9 Å². The van der Waals surface area contributed by atoms with Crippen LogP contribution in [-0.2, 0) is 16.1 Å². The standard InChI is InChI=1S/C16H22F3N3O3/c1-9(14(23)21-7-5-4-6-12(21)15(24)25)13-10(2)20-22(11(13)3)8-16(17,18)19/h9,12H,4-8H2,1-3H3,(H,24,25). The number of hydrogen-bond acceptors (Lipinski definition) is 3. The van der Waals surface area contributed by atoms with E-state index in [1.165, 1.54) is 11.8 Å². The zero-order valence-electron chi connectivity index (χ0n) is 14.4. The van der Waals surface area contributed by atoms with Gasteiger partial charge in [0.2, 0.25) is 5.91 Å². The fourth-order valence-electron chi connectivity index (χ4n) is 3.49. The Hall–Kier alpha value is -2.06. The van der Waals surface area contributed by atoms with Crippen molar-refractivity contribution in [3.63, 3.8) is 0 Å². The van der Waals surface area contributed by atoms with Crippen molar-refractivity contribution < 1.29 is 27.9 Å². The molecule has 1 aliphatic heterocycles. The van der Waals surface area contributed by atoms with Crippen molar-refractivity contribution in [2.24, 2.45) is 0 Å². The summed E-state index contributed by atoms with van der Waals surface area (Å²) in [4.78, 5) is 25.5. The molecule has 1 fully saturated rings. The Morgan fingerprint density at radius 2 is 1.96 bits per heavy atom. The van der Waals surface area contributed by atoms with Crippen molar-refractivity contribution in [2.75, 3.05) is 6.54 Å². The number of halogens is 3. The van der Waals surface area contributed by atoms with E-state index in [2.05, 4.69) is 5.10 Å². The highest BCUT2D eigenvalue weighted by Crippen LogP contribution is 2.29. The normalized spacial score (nSPS) is 19.8. The number of likely N-dealkylation sites (tertiary alicyclic amines) is 1. The first kappa shape index (κ1) is 19.3. The molecular formula is C16H22F3N3O3. The molecular weight excluding hydrogens is 339 g/mol. The Bertz CT molecular complexity index is 670. The molecule has 0 spiro atoms. The maximum Gasteiger partial charge on any atom is 0.408 e. The average Bonchev–Trinajstić information content (AvgIpc) is 2.78. The quantitative estimate of drug-likeness (QED) is 0.895.